The van der Waals surface area contributed by atoms with E-state index in [2.05, 4.69) is 74.5 Å². The first kappa shape index (κ1) is 13.2. The summed E-state index contributed by atoms with van der Waals surface area (Å²) in [6.07, 6.45) is 5.83. The van der Waals surface area contributed by atoms with Crippen molar-refractivity contribution in [3.05, 3.63) is 77.4 Å². The molecule has 0 nitrogen and oxygen atoms in total. The van der Waals surface area contributed by atoms with E-state index in [0.717, 1.165) is 19.3 Å². The predicted octanol–water partition coefficient (Wildman–Crippen LogP) is 5.38. The van der Waals surface area contributed by atoms with Gasteiger partial charge in [-0.25, -0.2) is 0 Å². The van der Waals surface area contributed by atoms with Crippen LogP contribution in [0.5, 0.6) is 0 Å². The lowest BCUT2D eigenvalue weighted by atomic mass is 9.68. The number of hydrogen-bond acceptors (Lipinski definition) is 0. The van der Waals surface area contributed by atoms with Crippen molar-refractivity contribution >= 4 is 5.57 Å². The molecule has 0 bridgehead atoms. The second-order valence-electron chi connectivity index (χ2n) is 5.63. The van der Waals surface area contributed by atoms with Crippen LogP contribution in [0.4, 0.5) is 0 Å². The molecular weight excluding hydrogens is 240 g/mol. The maximum atomic E-state index is 2.45. The molecule has 0 unspecified atom stereocenters. The normalized spacial score (nSPS) is 14.0. The van der Waals surface area contributed by atoms with Gasteiger partial charge in [-0.1, -0.05) is 74.5 Å². The van der Waals surface area contributed by atoms with Crippen molar-refractivity contribution in [1.29, 1.82) is 0 Å². The Bertz CT molecular complexity index is 615. The van der Waals surface area contributed by atoms with E-state index in [-0.39, 0.29) is 5.41 Å². The van der Waals surface area contributed by atoms with Crippen LogP contribution in [-0.4, -0.2) is 0 Å². The van der Waals surface area contributed by atoms with E-state index in [9.17, 15) is 0 Å². The molecule has 0 aromatic heterocycles. The van der Waals surface area contributed by atoms with Gasteiger partial charge in [0.25, 0.3) is 0 Å². The molecule has 0 saturated heterocycles. The molecule has 20 heavy (non-hydrogen) atoms. The highest BCUT2D eigenvalue weighted by atomic mass is 14.4. The third kappa shape index (κ3) is 1.91. The number of allylic oxidation sites excluding steroid dienone is 2. The zero-order chi connectivity index (χ0) is 14.0. The first-order valence-corrected chi connectivity index (χ1v) is 7.66. The van der Waals surface area contributed by atoms with Gasteiger partial charge in [-0.3, -0.25) is 0 Å². The van der Waals surface area contributed by atoms with Crippen LogP contribution in [0.25, 0.3) is 5.57 Å². The first-order chi connectivity index (χ1) is 9.81. The van der Waals surface area contributed by atoms with Gasteiger partial charge in [-0.05, 0) is 41.5 Å². The summed E-state index contributed by atoms with van der Waals surface area (Å²) < 4.78 is 0. The minimum atomic E-state index is 0.161. The standard InChI is InChI=1S/C20H22/c1-3-20(4-2,17-11-6-5-7-12-17)19-15-14-16-10-8-9-13-18(16)19/h5-13,15H,3-4,14H2,1-2H3. The highest BCUT2D eigenvalue weighted by molar-refractivity contribution is 5.80. The number of rotatable bonds is 4. The Hall–Kier alpha value is -1.82. The number of benzene rings is 2. The van der Waals surface area contributed by atoms with Crippen molar-refractivity contribution in [3.8, 4) is 0 Å². The van der Waals surface area contributed by atoms with Crippen LogP contribution < -0.4 is 0 Å². The monoisotopic (exact) mass is 262 g/mol. The van der Waals surface area contributed by atoms with Gasteiger partial charge in [0, 0.05) is 5.41 Å². The van der Waals surface area contributed by atoms with Gasteiger partial charge in [0.2, 0.25) is 0 Å². The van der Waals surface area contributed by atoms with Gasteiger partial charge in [0.15, 0.2) is 0 Å². The van der Waals surface area contributed by atoms with E-state index < -0.39 is 0 Å². The zero-order valence-electron chi connectivity index (χ0n) is 12.4. The molecule has 3 rings (SSSR count). The Morgan fingerprint density at radius 3 is 2.20 bits per heavy atom. The van der Waals surface area contributed by atoms with Gasteiger partial charge >= 0.3 is 0 Å². The molecule has 0 amide bonds. The second kappa shape index (κ2) is 5.28. The van der Waals surface area contributed by atoms with Crippen molar-refractivity contribution in [2.75, 3.05) is 0 Å². The lowest BCUT2D eigenvalue weighted by molar-refractivity contribution is 0.515. The van der Waals surface area contributed by atoms with Crippen LogP contribution in [0.15, 0.2) is 60.7 Å². The quantitative estimate of drug-likeness (QED) is 0.693. The van der Waals surface area contributed by atoms with Gasteiger partial charge < -0.3 is 0 Å². The Labute approximate surface area is 122 Å². The largest absolute Gasteiger partial charge is 0.0754 e. The Morgan fingerprint density at radius 1 is 0.850 bits per heavy atom. The minimum absolute atomic E-state index is 0.161. The van der Waals surface area contributed by atoms with Crippen molar-refractivity contribution in [3.63, 3.8) is 0 Å². The molecule has 0 radical (unpaired) electrons. The Morgan fingerprint density at radius 2 is 1.50 bits per heavy atom. The topological polar surface area (TPSA) is 0 Å². The van der Waals surface area contributed by atoms with E-state index in [1.165, 1.54) is 22.3 Å². The SMILES string of the molecule is CCC(CC)(C1=CCc2ccccc21)c1ccccc1. The molecule has 1 aliphatic carbocycles. The van der Waals surface area contributed by atoms with Gasteiger partial charge in [-0.2, -0.15) is 0 Å². The fraction of sp³-hybridized carbons (Fsp3) is 0.300. The molecule has 0 spiro atoms. The van der Waals surface area contributed by atoms with Gasteiger partial charge in [-0.15, -0.1) is 0 Å². The maximum absolute atomic E-state index is 2.45. The molecule has 0 atom stereocenters. The fourth-order valence-corrected chi connectivity index (χ4v) is 3.69. The summed E-state index contributed by atoms with van der Waals surface area (Å²) in [5.41, 5.74) is 6.08. The summed E-state index contributed by atoms with van der Waals surface area (Å²) in [4.78, 5) is 0. The van der Waals surface area contributed by atoms with Crippen molar-refractivity contribution in [2.45, 2.75) is 38.5 Å². The van der Waals surface area contributed by atoms with Crippen molar-refractivity contribution in [2.24, 2.45) is 0 Å². The number of fused-ring (bicyclic) bond motifs is 1. The van der Waals surface area contributed by atoms with Crippen LogP contribution in [0.1, 0.15) is 43.4 Å². The van der Waals surface area contributed by atoms with E-state index in [0.29, 0.717) is 0 Å². The maximum Gasteiger partial charge on any atom is 0.0200 e. The molecule has 0 saturated carbocycles. The summed E-state index contributed by atoms with van der Waals surface area (Å²) in [7, 11) is 0. The summed E-state index contributed by atoms with van der Waals surface area (Å²) >= 11 is 0. The van der Waals surface area contributed by atoms with Gasteiger partial charge in [0.1, 0.15) is 0 Å². The first-order valence-electron chi connectivity index (χ1n) is 7.66. The van der Waals surface area contributed by atoms with Crippen LogP contribution in [0.2, 0.25) is 0 Å². The lowest BCUT2D eigenvalue weighted by Crippen LogP contribution is -2.25. The number of hydrogen-bond donors (Lipinski definition) is 0. The second-order valence-corrected chi connectivity index (χ2v) is 5.63. The highest BCUT2D eigenvalue weighted by Gasteiger charge is 2.35. The fourth-order valence-electron chi connectivity index (χ4n) is 3.69. The van der Waals surface area contributed by atoms with E-state index in [1.54, 1.807) is 0 Å². The molecule has 102 valence electrons. The van der Waals surface area contributed by atoms with E-state index >= 15 is 0 Å². The van der Waals surface area contributed by atoms with Crippen LogP contribution >= 0.6 is 0 Å². The summed E-state index contributed by atoms with van der Waals surface area (Å²) in [5.74, 6) is 0. The molecule has 2 aromatic carbocycles. The average Bonchev–Trinajstić information content (AvgIpc) is 2.95. The molecule has 0 fully saturated rings. The van der Waals surface area contributed by atoms with Crippen LogP contribution in [0.3, 0.4) is 0 Å². The van der Waals surface area contributed by atoms with Crippen LogP contribution in [0, 0.1) is 0 Å². The minimum Gasteiger partial charge on any atom is -0.0754 e. The molecule has 0 aliphatic heterocycles. The van der Waals surface area contributed by atoms with Crippen molar-refractivity contribution < 1.29 is 0 Å². The summed E-state index contributed by atoms with van der Waals surface area (Å²) in [6, 6.07) is 19.9. The smallest absolute Gasteiger partial charge is 0.0200 e. The predicted molar refractivity (Wildman–Crippen MR) is 86.8 cm³/mol. The third-order valence-electron chi connectivity index (χ3n) is 4.88. The lowest BCUT2D eigenvalue weighted by Gasteiger charge is -2.35. The van der Waals surface area contributed by atoms with E-state index in [4.69, 9.17) is 0 Å². The highest BCUT2D eigenvalue weighted by Crippen LogP contribution is 2.47. The molecule has 0 N–H and O–H groups in total. The Kier molecular flexibility index (Phi) is 3.48. The third-order valence-corrected chi connectivity index (χ3v) is 4.88. The molecule has 0 heteroatoms. The summed E-state index contributed by atoms with van der Waals surface area (Å²) in [6.45, 7) is 4.64. The van der Waals surface area contributed by atoms with Gasteiger partial charge in [0.05, 0.1) is 0 Å². The average molecular weight is 262 g/mol. The van der Waals surface area contributed by atoms with E-state index in [1.807, 2.05) is 0 Å². The van der Waals surface area contributed by atoms with Crippen LogP contribution in [-0.2, 0) is 11.8 Å². The molecule has 2 aromatic rings. The molecule has 0 heterocycles. The zero-order valence-corrected chi connectivity index (χ0v) is 12.4. The van der Waals surface area contributed by atoms with Crippen molar-refractivity contribution in [1.82, 2.24) is 0 Å². The summed E-state index contributed by atoms with van der Waals surface area (Å²) in [5, 5.41) is 0. The molecule has 1 aliphatic rings. The molecular formula is C20H22. The Balaban J connectivity index is 2.14.